The van der Waals surface area contributed by atoms with Crippen molar-refractivity contribution in [1.29, 1.82) is 0 Å². The highest BCUT2D eigenvalue weighted by molar-refractivity contribution is 7.77. The van der Waals surface area contributed by atoms with Crippen molar-refractivity contribution >= 4 is 15.8 Å². The first kappa shape index (κ1) is 31.1. The van der Waals surface area contributed by atoms with Gasteiger partial charge in [0.15, 0.2) is 0 Å². The summed E-state index contributed by atoms with van der Waals surface area (Å²) in [4.78, 5) is 0. The average molecular weight is 511 g/mol. The predicted molar refractivity (Wildman–Crippen MR) is 163 cm³/mol. The predicted octanol–water partition coefficient (Wildman–Crippen LogP) is 12.5. The van der Waals surface area contributed by atoms with E-state index in [-0.39, 0.29) is 15.8 Å². The van der Waals surface area contributed by atoms with Gasteiger partial charge in [-0.1, -0.05) is 134 Å². The smallest absolute Gasteiger partial charge is 0.000412 e. The summed E-state index contributed by atoms with van der Waals surface area (Å²) in [7, 11) is 0.451. The summed E-state index contributed by atoms with van der Waals surface area (Å²) in [6.07, 6.45) is 36.7. The van der Waals surface area contributed by atoms with Crippen LogP contribution in [-0.2, 0) is 0 Å². The van der Waals surface area contributed by atoms with Gasteiger partial charge in [0.25, 0.3) is 0 Å². The number of rotatable bonds is 20. The minimum absolute atomic E-state index is 0.225. The fraction of sp³-hybridized carbons (Fsp3) is 1.00. The van der Waals surface area contributed by atoms with E-state index >= 15 is 0 Å². The third-order valence-electron chi connectivity index (χ3n) is 9.57. The van der Waals surface area contributed by atoms with Gasteiger partial charge < -0.3 is 0 Å². The number of hydrogen-bond donors (Lipinski definition) is 0. The summed E-state index contributed by atoms with van der Waals surface area (Å²) in [6.45, 7) is 12.1. The van der Waals surface area contributed by atoms with Crippen molar-refractivity contribution in [2.75, 3.05) is 12.3 Å². The maximum Gasteiger partial charge on any atom is 0.000412 e. The first-order chi connectivity index (χ1) is 16.6. The molecule has 0 bridgehead atoms. The molecule has 0 amide bonds. The lowest BCUT2D eigenvalue weighted by Crippen LogP contribution is -2.32. The summed E-state index contributed by atoms with van der Waals surface area (Å²) in [5, 5.41) is 2.72. The summed E-state index contributed by atoms with van der Waals surface area (Å²) >= 11 is 0. The summed E-state index contributed by atoms with van der Waals surface area (Å²) in [5.74, 6) is 0. The highest BCUT2D eigenvalue weighted by Gasteiger charge is 2.52. The van der Waals surface area contributed by atoms with Crippen LogP contribution in [0.15, 0.2) is 0 Å². The van der Waals surface area contributed by atoms with Crippen LogP contribution in [0.2, 0.25) is 0 Å². The fourth-order valence-corrected chi connectivity index (χ4v) is 18.6. The van der Waals surface area contributed by atoms with Crippen molar-refractivity contribution in [1.82, 2.24) is 0 Å². The highest BCUT2D eigenvalue weighted by atomic mass is 31.2. The zero-order valence-corrected chi connectivity index (χ0v) is 26.2. The van der Waals surface area contributed by atoms with Crippen molar-refractivity contribution in [2.45, 2.75) is 192 Å². The summed E-state index contributed by atoms with van der Waals surface area (Å²) in [5.41, 5.74) is 0. The van der Waals surface area contributed by atoms with E-state index in [2.05, 4.69) is 34.6 Å². The number of unbranched alkanes of at least 4 members (excludes halogenated alkanes) is 8. The van der Waals surface area contributed by atoms with E-state index in [0.717, 1.165) is 10.3 Å². The van der Waals surface area contributed by atoms with Crippen LogP contribution in [0.1, 0.15) is 176 Å². The maximum absolute atomic E-state index is 2.44. The molecule has 0 N–H and O–H groups in total. The molecule has 202 valence electrons. The van der Waals surface area contributed by atoms with Crippen LogP contribution in [0.5, 0.6) is 0 Å². The molecule has 0 aliphatic carbocycles. The molecule has 2 unspecified atom stereocenters. The Bertz CT molecular complexity index is 447. The largest absolute Gasteiger partial charge is 0.0927 e. The molecule has 2 heterocycles. The molecular weight excluding hydrogens is 446 g/mol. The summed E-state index contributed by atoms with van der Waals surface area (Å²) < 4.78 is 0. The van der Waals surface area contributed by atoms with Gasteiger partial charge in [0, 0.05) is 5.40 Å². The van der Waals surface area contributed by atoms with Crippen LogP contribution in [0, 0.1) is 0 Å². The lowest BCUT2D eigenvalue weighted by Gasteiger charge is -2.49. The van der Waals surface area contributed by atoms with Crippen molar-refractivity contribution in [3.05, 3.63) is 0 Å². The molecule has 0 nitrogen and oxygen atoms in total. The molecule has 2 atom stereocenters. The summed E-state index contributed by atoms with van der Waals surface area (Å²) in [6, 6.07) is 0. The Morgan fingerprint density at radius 1 is 0.500 bits per heavy atom. The zero-order chi connectivity index (χ0) is 24.7. The molecule has 0 spiro atoms. The Balaban J connectivity index is 2.33. The third-order valence-corrected chi connectivity index (χ3v) is 18.6. The monoisotopic (exact) mass is 510 g/mol. The lowest BCUT2D eigenvalue weighted by atomic mass is 9.91. The van der Waals surface area contributed by atoms with Gasteiger partial charge in [0.1, 0.15) is 0 Å². The van der Waals surface area contributed by atoms with Gasteiger partial charge in [-0.3, -0.25) is 0 Å². The molecule has 2 aliphatic heterocycles. The van der Waals surface area contributed by atoms with Crippen molar-refractivity contribution in [2.24, 2.45) is 0 Å². The Labute approximate surface area is 219 Å². The van der Waals surface area contributed by atoms with Crippen molar-refractivity contribution < 1.29 is 0 Å². The van der Waals surface area contributed by atoms with Gasteiger partial charge in [-0.2, -0.15) is 0 Å². The van der Waals surface area contributed by atoms with E-state index in [0.29, 0.717) is 0 Å². The minimum Gasteiger partial charge on any atom is -0.0927 e. The molecular formula is C32H64P2. The van der Waals surface area contributed by atoms with Crippen LogP contribution in [0.4, 0.5) is 0 Å². The molecule has 2 fully saturated rings. The molecule has 34 heavy (non-hydrogen) atoms. The Morgan fingerprint density at radius 3 is 1.26 bits per heavy atom. The molecule has 0 aromatic heterocycles. The van der Waals surface area contributed by atoms with Crippen LogP contribution in [0.3, 0.4) is 0 Å². The van der Waals surface area contributed by atoms with E-state index in [4.69, 9.17) is 0 Å². The molecule has 0 aromatic rings. The molecule has 2 rings (SSSR count). The topological polar surface area (TPSA) is 0 Å². The molecule has 2 saturated heterocycles. The first-order valence-corrected chi connectivity index (χ1v) is 19.4. The molecule has 2 aliphatic rings. The lowest BCUT2D eigenvalue weighted by molar-refractivity contribution is 0.438. The minimum atomic E-state index is 0.225. The Morgan fingerprint density at radius 2 is 0.882 bits per heavy atom. The zero-order valence-electron chi connectivity index (χ0n) is 24.4. The average Bonchev–Trinajstić information content (AvgIpc) is 3.46. The maximum atomic E-state index is 2.44. The number of hydrogen-bond acceptors (Lipinski definition) is 0. The fourth-order valence-electron chi connectivity index (χ4n) is 7.61. The van der Waals surface area contributed by atoms with E-state index in [1.54, 1.807) is 76.5 Å². The van der Waals surface area contributed by atoms with Crippen LogP contribution in [-0.4, -0.2) is 28.0 Å². The third kappa shape index (κ3) is 8.72. The SMILES string of the molecule is CCCCCCCC(P1CCCC1(CCCC)CCCC)P1CCCC1(CCCC)CCCC. The quantitative estimate of drug-likeness (QED) is 0.113. The molecule has 2 heteroatoms. The normalized spacial score (nSPS) is 24.6. The molecule has 0 aromatic carbocycles. The standard InChI is InChI=1S/C32H64P2/c1-6-11-16-17-18-21-30(33-28-19-26-31(33,22-12-7-2)23-13-8-3)34-29-20-27-32(34,24-14-9-4)25-15-10-5/h30H,6-29H2,1-5H3. The van der Waals surface area contributed by atoms with Gasteiger partial charge in [-0.15, -0.1) is 0 Å². The van der Waals surface area contributed by atoms with E-state index < -0.39 is 0 Å². The second kappa shape index (κ2) is 17.4. The van der Waals surface area contributed by atoms with Crippen molar-refractivity contribution in [3.63, 3.8) is 0 Å². The van der Waals surface area contributed by atoms with Gasteiger partial charge in [-0.25, -0.2) is 0 Å². The first-order valence-electron chi connectivity index (χ1n) is 16.2. The van der Waals surface area contributed by atoms with Crippen LogP contribution in [0.25, 0.3) is 0 Å². The van der Waals surface area contributed by atoms with Gasteiger partial charge in [-0.05, 0) is 80.4 Å². The second-order valence-corrected chi connectivity index (χ2v) is 18.5. The molecule has 0 saturated carbocycles. The van der Waals surface area contributed by atoms with Crippen LogP contribution < -0.4 is 0 Å². The van der Waals surface area contributed by atoms with E-state index in [1.807, 2.05) is 0 Å². The molecule has 0 radical (unpaired) electrons. The highest BCUT2D eigenvalue weighted by Crippen LogP contribution is 2.78. The Hall–Kier alpha value is 0.860. The van der Waals surface area contributed by atoms with Crippen molar-refractivity contribution in [3.8, 4) is 0 Å². The van der Waals surface area contributed by atoms with Crippen LogP contribution >= 0.6 is 15.8 Å². The van der Waals surface area contributed by atoms with E-state index in [1.165, 1.54) is 82.4 Å². The van der Waals surface area contributed by atoms with Gasteiger partial charge in [0.05, 0.1) is 0 Å². The van der Waals surface area contributed by atoms with Gasteiger partial charge >= 0.3 is 0 Å². The van der Waals surface area contributed by atoms with E-state index in [9.17, 15) is 0 Å². The Kier molecular flexibility index (Phi) is 15.9. The van der Waals surface area contributed by atoms with Gasteiger partial charge in [0.2, 0.25) is 0 Å². The second-order valence-electron chi connectivity index (χ2n) is 12.1.